The molecular weight excluding hydrogens is 581 g/mol. The maximum absolute atomic E-state index is 2.38. The van der Waals surface area contributed by atoms with Gasteiger partial charge in [0.15, 0.2) is 0 Å². The molecule has 230 valence electrons. The molecule has 0 saturated heterocycles. The van der Waals surface area contributed by atoms with Gasteiger partial charge in [0.05, 0.1) is 11.4 Å². The lowest BCUT2D eigenvalue weighted by Crippen LogP contribution is -2.15. The molecule has 0 N–H and O–H groups in total. The van der Waals surface area contributed by atoms with Gasteiger partial charge in [0.1, 0.15) is 0 Å². The van der Waals surface area contributed by atoms with Crippen LogP contribution in [0.2, 0.25) is 0 Å². The quantitative estimate of drug-likeness (QED) is 0.176. The van der Waals surface area contributed by atoms with Crippen molar-refractivity contribution in [1.82, 2.24) is 0 Å². The van der Waals surface area contributed by atoms with Crippen LogP contribution in [0.15, 0.2) is 194 Å². The first-order chi connectivity index (χ1) is 23.7. The summed E-state index contributed by atoms with van der Waals surface area (Å²) in [5, 5.41) is 4.92. The lowest BCUT2D eigenvalue weighted by molar-refractivity contribution is 1.19. The molecule has 1 aliphatic rings. The number of rotatable bonds is 7. The summed E-state index contributed by atoms with van der Waals surface area (Å²) >= 11 is 0. The number of hydrogen-bond donors (Lipinski definition) is 0. The van der Waals surface area contributed by atoms with Crippen LogP contribution in [0.1, 0.15) is 17.5 Å². The summed E-state index contributed by atoms with van der Waals surface area (Å²) in [6.07, 6.45) is 10.0. The van der Waals surface area contributed by atoms with Crippen LogP contribution in [0.5, 0.6) is 0 Å². The minimum Gasteiger partial charge on any atom is -0.310 e. The zero-order valence-electron chi connectivity index (χ0n) is 27.0. The molecule has 8 rings (SSSR count). The molecule has 0 aromatic heterocycles. The highest BCUT2D eigenvalue weighted by Gasteiger charge is 2.18. The van der Waals surface area contributed by atoms with Crippen LogP contribution in [0.25, 0.3) is 27.1 Å². The summed E-state index contributed by atoms with van der Waals surface area (Å²) < 4.78 is 0. The third-order valence-corrected chi connectivity index (χ3v) is 9.10. The Morgan fingerprint density at radius 2 is 1.00 bits per heavy atom. The first kappa shape index (κ1) is 29.3. The van der Waals surface area contributed by atoms with Crippen LogP contribution in [0, 0.1) is 6.92 Å². The SMILES string of the molecule is Cc1cccc(N(c2ccc(C3=CCC=C(N(c4ccccc4)c4cccc5ccccc45)C=C3)cc2)c2cccc3ccccc23)c1. The molecule has 1 aliphatic carbocycles. The number of anilines is 5. The number of benzene rings is 7. The molecule has 0 bridgehead atoms. The Morgan fingerprint density at radius 1 is 0.438 bits per heavy atom. The van der Waals surface area contributed by atoms with Crippen molar-refractivity contribution >= 4 is 55.6 Å². The van der Waals surface area contributed by atoms with Crippen molar-refractivity contribution < 1.29 is 0 Å². The Kier molecular flexibility index (Phi) is 7.90. The van der Waals surface area contributed by atoms with Crippen molar-refractivity contribution in [2.24, 2.45) is 0 Å². The predicted molar refractivity (Wildman–Crippen MR) is 206 cm³/mol. The molecule has 48 heavy (non-hydrogen) atoms. The van der Waals surface area contributed by atoms with E-state index >= 15 is 0 Å². The van der Waals surface area contributed by atoms with Gasteiger partial charge in [-0.25, -0.2) is 0 Å². The second-order valence-electron chi connectivity index (χ2n) is 12.2. The molecule has 0 heterocycles. The summed E-state index contributed by atoms with van der Waals surface area (Å²) in [7, 11) is 0. The molecule has 7 aromatic carbocycles. The van der Waals surface area contributed by atoms with Crippen LogP contribution < -0.4 is 9.80 Å². The fraction of sp³-hybridized carbons (Fsp3) is 0.0435. The minimum absolute atomic E-state index is 0.832. The second kappa shape index (κ2) is 12.9. The zero-order valence-corrected chi connectivity index (χ0v) is 27.0. The van der Waals surface area contributed by atoms with Gasteiger partial charge < -0.3 is 9.80 Å². The average Bonchev–Trinajstić information content (AvgIpc) is 3.39. The van der Waals surface area contributed by atoms with Crippen molar-refractivity contribution in [2.45, 2.75) is 13.3 Å². The summed E-state index contributed by atoms with van der Waals surface area (Å²) in [6.45, 7) is 2.15. The van der Waals surface area contributed by atoms with Crippen LogP contribution >= 0.6 is 0 Å². The highest BCUT2D eigenvalue weighted by Crippen LogP contribution is 2.40. The molecule has 0 saturated carbocycles. The molecule has 2 heteroatoms. The van der Waals surface area contributed by atoms with Gasteiger partial charge in [-0.05, 0) is 95.4 Å². The van der Waals surface area contributed by atoms with Crippen LogP contribution in [-0.4, -0.2) is 0 Å². The summed E-state index contributed by atoms with van der Waals surface area (Å²) in [5.74, 6) is 0. The highest BCUT2D eigenvalue weighted by molar-refractivity contribution is 5.99. The van der Waals surface area contributed by atoms with Crippen LogP contribution in [0.4, 0.5) is 28.4 Å². The summed E-state index contributed by atoms with van der Waals surface area (Å²) in [6, 6.07) is 58.8. The number of nitrogens with zero attached hydrogens (tertiary/aromatic N) is 2. The molecule has 0 atom stereocenters. The molecular formula is C46H36N2. The van der Waals surface area contributed by atoms with E-state index < -0.39 is 0 Å². The van der Waals surface area contributed by atoms with Crippen molar-refractivity contribution in [1.29, 1.82) is 0 Å². The monoisotopic (exact) mass is 616 g/mol. The fourth-order valence-corrected chi connectivity index (χ4v) is 6.81. The van der Waals surface area contributed by atoms with E-state index in [9.17, 15) is 0 Å². The molecule has 0 fully saturated rings. The largest absolute Gasteiger partial charge is 0.310 e. The molecule has 0 spiro atoms. The van der Waals surface area contributed by atoms with Crippen molar-refractivity contribution in [2.75, 3.05) is 9.80 Å². The molecule has 0 unspecified atom stereocenters. The van der Waals surface area contributed by atoms with E-state index in [1.807, 2.05) is 0 Å². The van der Waals surface area contributed by atoms with Gasteiger partial charge >= 0.3 is 0 Å². The third kappa shape index (κ3) is 5.70. The van der Waals surface area contributed by atoms with Crippen LogP contribution in [0.3, 0.4) is 0 Å². The standard InChI is InChI=1S/C46H36N2/c1-34-13-9-22-42(33-34)48(46-26-12-18-38-15-6-8-24-44(38)46)41-31-28-36(29-32-41)35-16-10-21-40(30-27-35)47(39-19-3-2-4-20-39)45-25-11-17-37-14-5-7-23-43(37)45/h2-9,11-33H,10H2,1H3. The smallest absolute Gasteiger partial charge is 0.0540 e. The van der Waals surface area contributed by atoms with E-state index in [4.69, 9.17) is 0 Å². The average molecular weight is 617 g/mol. The van der Waals surface area contributed by atoms with E-state index in [1.165, 1.54) is 49.6 Å². The Hall–Kier alpha value is -6.12. The Bertz CT molecular complexity index is 2320. The zero-order chi connectivity index (χ0) is 32.3. The molecule has 0 aliphatic heterocycles. The minimum atomic E-state index is 0.832. The predicted octanol–water partition coefficient (Wildman–Crippen LogP) is 12.8. The Balaban J connectivity index is 1.14. The fourth-order valence-electron chi connectivity index (χ4n) is 6.81. The summed E-state index contributed by atoms with van der Waals surface area (Å²) in [5.41, 5.74) is 10.6. The Morgan fingerprint density at radius 3 is 1.69 bits per heavy atom. The molecule has 7 aromatic rings. The van der Waals surface area contributed by atoms with E-state index in [1.54, 1.807) is 0 Å². The van der Waals surface area contributed by atoms with Gasteiger partial charge in [-0.15, -0.1) is 0 Å². The topological polar surface area (TPSA) is 6.48 Å². The van der Waals surface area contributed by atoms with E-state index in [-0.39, 0.29) is 0 Å². The summed E-state index contributed by atoms with van der Waals surface area (Å²) in [4.78, 5) is 4.75. The maximum atomic E-state index is 2.38. The van der Waals surface area contributed by atoms with Crippen molar-refractivity contribution in [3.63, 3.8) is 0 Å². The first-order valence-electron chi connectivity index (χ1n) is 16.6. The lowest BCUT2D eigenvalue weighted by atomic mass is 10.0. The van der Waals surface area contributed by atoms with Gasteiger partial charge in [-0.3, -0.25) is 0 Å². The van der Waals surface area contributed by atoms with E-state index in [0.717, 1.165) is 29.2 Å². The van der Waals surface area contributed by atoms with Gasteiger partial charge in [-0.2, -0.15) is 0 Å². The van der Waals surface area contributed by atoms with Gasteiger partial charge in [0.25, 0.3) is 0 Å². The normalized spacial score (nSPS) is 12.8. The Labute approximate surface area is 282 Å². The van der Waals surface area contributed by atoms with Crippen molar-refractivity contribution in [3.05, 3.63) is 205 Å². The van der Waals surface area contributed by atoms with Gasteiger partial charge in [0, 0.05) is 33.5 Å². The van der Waals surface area contributed by atoms with Crippen LogP contribution in [-0.2, 0) is 0 Å². The first-order valence-corrected chi connectivity index (χ1v) is 16.6. The molecule has 0 amide bonds. The lowest BCUT2D eigenvalue weighted by Gasteiger charge is -2.27. The number of hydrogen-bond acceptors (Lipinski definition) is 2. The second-order valence-corrected chi connectivity index (χ2v) is 12.2. The van der Waals surface area contributed by atoms with Crippen molar-refractivity contribution in [3.8, 4) is 0 Å². The van der Waals surface area contributed by atoms with E-state index in [2.05, 4.69) is 205 Å². The molecule has 2 nitrogen and oxygen atoms in total. The third-order valence-electron chi connectivity index (χ3n) is 9.10. The highest BCUT2D eigenvalue weighted by atomic mass is 15.2. The van der Waals surface area contributed by atoms with Gasteiger partial charge in [0.2, 0.25) is 0 Å². The molecule has 0 radical (unpaired) electrons. The number of aryl methyl sites for hydroxylation is 1. The number of fused-ring (bicyclic) bond motifs is 2. The van der Waals surface area contributed by atoms with E-state index in [0.29, 0.717) is 0 Å². The number of para-hydroxylation sites is 1. The van der Waals surface area contributed by atoms with Gasteiger partial charge in [-0.1, -0.05) is 133 Å². The maximum Gasteiger partial charge on any atom is 0.0540 e. The number of allylic oxidation sites excluding steroid dienone is 5.